The normalized spacial score (nSPS) is 13.7. The average molecular weight is 1040 g/mol. The minimum atomic E-state index is -0.119. The zero-order valence-corrected chi connectivity index (χ0v) is 47.5. The first-order valence-corrected chi connectivity index (χ1v) is 28.9. The molecule has 0 aliphatic carbocycles. The molecule has 3 aliphatic heterocycles. The molecule has 0 fully saturated rings. The van der Waals surface area contributed by atoms with Crippen LogP contribution >= 0.6 is 0 Å². The largest absolute Gasteiger partial charge is 0.456 e. The van der Waals surface area contributed by atoms with E-state index in [2.05, 4.69) is 249 Å². The van der Waals surface area contributed by atoms with Gasteiger partial charge in [0.1, 0.15) is 22.3 Å². The minimum absolute atomic E-state index is 0.0209. The molecule has 0 bridgehead atoms. The molecule has 17 rings (SSSR count). The fourth-order valence-corrected chi connectivity index (χ4v) is 15.6. The van der Waals surface area contributed by atoms with Crippen LogP contribution in [0, 0.1) is 48.5 Å². The lowest BCUT2D eigenvalue weighted by molar-refractivity contribution is 0.591. The third kappa shape index (κ3) is 6.45. The van der Waals surface area contributed by atoms with Gasteiger partial charge in [0, 0.05) is 45.1 Å². The molecule has 3 aliphatic rings. The van der Waals surface area contributed by atoms with Gasteiger partial charge in [-0.05, 0) is 161 Å². The maximum atomic E-state index is 7.17. The highest BCUT2D eigenvalue weighted by molar-refractivity contribution is 7.01. The molecule has 5 heterocycles. The van der Waals surface area contributed by atoms with E-state index in [0.717, 1.165) is 66.6 Å². The second-order valence-corrected chi connectivity index (χ2v) is 25.3. The minimum Gasteiger partial charge on any atom is -0.456 e. The summed E-state index contributed by atoms with van der Waals surface area (Å²) in [5, 5.41) is 14.3. The van der Waals surface area contributed by atoms with E-state index in [1.165, 1.54) is 132 Å². The maximum absolute atomic E-state index is 7.17. The molecule has 0 radical (unpaired) electrons. The van der Waals surface area contributed by atoms with E-state index in [1.54, 1.807) is 0 Å². The summed E-state index contributed by atoms with van der Waals surface area (Å²) in [4.78, 5) is 5.32. The molecule has 0 atom stereocenters. The molecule has 14 aromatic rings. The Bertz CT molecular complexity index is 5180. The van der Waals surface area contributed by atoms with Crippen molar-refractivity contribution in [1.29, 1.82) is 0 Å². The lowest BCUT2D eigenvalue weighted by Gasteiger charge is -2.49. The van der Waals surface area contributed by atoms with Crippen LogP contribution in [0.2, 0.25) is 0 Å². The van der Waals surface area contributed by atoms with Crippen molar-refractivity contribution in [3.63, 3.8) is 0 Å². The SMILES string of the molecule is Cc1cc(C)c(B2c3cc4c(cc3N3c5cc6ccccc6c6c5N(c5cc7oc8cc9ccc(C(C)(C)C)cc9cc8c7cc5B6c5c(C)cc(C)cc5C)c5cc6ccccc6c2c53)oc2cc3cc(C)ccc3cc24)c(C)c1. The molecular formula is C75H58B2N2O2. The molecular weight excluding hydrogens is 982 g/mol. The Kier molecular flexibility index (Phi) is 9.32. The Labute approximate surface area is 472 Å². The summed E-state index contributed by atoms with van der Waals surface area (Å²) in [5.41, 5.74) is 28.8. The van der Waals surface area contributed by atoms with Gasteiger partial charge in [0.2, 0.25) is 13.4 Å². The fourth-order valence-electron chi connectivity index (χ4n) is 15.6. The summed E-state index contributed by atoms with van der Waals surface area (Å²) in [6.07, 6.45) is 0. The highest BCUT2D eigenvalue weighted by Crippen LogP contribution is 2.58. The van der Waals surface area contributed by atoms with Crippen LogP contribution < -0.4 is 42.6 Å². The lowest BCUT2D eigenvalue weighted by Crippen LogP contribution is -2.62. The van der Waals surface area contributed by atoms with Gasteiger partial charge in [-0.25, -0.2) is 0 Å². The summed E-state index contributed by atoms with van der Waals surface area (Å²) in [5.74, 6) is 0. The van der Waals surface area contributed by atoms with Crippen LogP contribution in [0.4, 0.5) is 34.1 Å². The second kappa shape index (κ2) is 16.1. The van der Waals surface area contributed by atoms with E-state index in [0.29, 0.717) is 0 Å². The molecule has 6 heteroatoms. The van der Waals surface area contributed by atoms with Crippen molar-refractivity contribution in [2.45, 2.75) is 74.7 Å². The number of nitrogens with zero attached hydrogens (tertiary/aromatic N) is 2. The van der Waals surface area contributed by atoms with E-state index >= 15 is 0 Å². The molecule has 0 saturated carbocycles. The monoisotopic (exact) mass is 1040 g/mol. The number of furan rings is 2. The molecule has 386 valence electrons. The molecule has 12 aromatic carbocycles. The molecule has 0 N–H and O–H groups in total. The number of fused-ring (bicyclic) bond motifs is 18. The average Bonchev–Trinajstić information content (AvgIpc) is 1.89. The Morgan fingerprint density at radius 2 is 0.741 bits per heavy atom. The van der Waals surface area contributed by atoms with Gasteiger partial charge in [-0.2, -0.15) is 0 Å². The first-order valence-electron chi connectivity index (χ1n) is 28.9. The number of anilines is 6. The summed E-state index contributed by atoms with van der Waals surface area (Å²) in [7, 11) is 0. The smallest absolute Gasteiger partial charge is 0.248 e. The predicted molar refractivity (Wildman–Crippen MR) is 348 cm³/mol. The number of hydrogen-bond acceptors (Lipinski definition) is 4. The van der Waals surface area contributed by atoms with Crippen molar-refractivity contribution >= 4 is 167 Å². The molecule has 0 amide bonds. The van der Waals surface area contributed by atoms with E-state index in [9.17, 15) is 0 Å². The summed E-state index contributed by atoms with van der Waals surface area (Å²) in [6, 6.07) is 65.6. The predicted octanol–water partition coefficient (Wildman–Crippen LogP) is 16.5. The van der Waals surface area contributed by atoms with Crippen molar-refractivity contribution in [3.05, 3.63) is 214 Å². The van der Waals surface area contributed by atoms with Gasteiger partial charge in [0.05, 0.1) is 22.7 Å². The highest BCUT2D eigenvalue weighted by Gasteiger charge is 2.49. The number of rotatable bonds is 2. The van der Waals surface area contributed by atoms with Crippen LogP contribution in [-0.4, -0.2) is 13.4 Å². The van der Waals surface area contributed by atoms with Gasteiger partial charge in [-0.3, -0.25) is 0 Å². The Hall–Kier alpha value is -8.99. The van der Waals surface area contributed by atoms with E-state index in [4.69, 9.17) is 8.83 Å². The van der Waals surface area contributed by atoms with Gasteiger partial charge in [-0.15, -0.1) is 0 Å². The quantitative estimate of drug-likeness (QED) is 0.162. The Balaban J connectivity index is 1.04. The van der Waals surface area contributed by atoms with Crippen LogP contribution in [0.3, 0.4) is 0 Å². The number of benzene rings is 12. The van der Waals surface area contributed by atoms with Crippen LogP contribution in [0.15, 0.2) is 179 Å². The first-order chi connectivity index (χ1) is 39.1. The van der Waals surface area contributed by atoms with Crippen LogP contribution in [0.1, 0.15) is 65.3 Å². The van der Waals surface area contributed by atoms with Crippen molar-refractivity contribution in [3.8, 4) is 0 Å². The van der Waals surface area contributed by atoms with Crippen LogP contribution in [0.25, 0.3) is 87.0 Å². The third-order valence-corrected chi connectivity index (χ3v) is 18.9. The van der Waals surface area contributed by atoms with Gasteiger partial charge in [0.25, 0.3) is 0 Å². The number of hydrogen-bond donors (Lipinski definition) is 0. The highest BCUT2D eigenvalue weighted by atomic mass is 16.3. The summed E-state index contributed by atoms with van der Waals surface area (Å²) >= 11 is 0. The van der Waals surface area contributed by atoms with E-state index in [1.807, 2.05) is 0 Å². The van der Waals surface area contributed by atoms with Crippen LogP contribution in [0.5, 0.6) is 0 Å². The molecule has 0 unspecified atom stereocenters. The maximum Gasteiger partial charge on any atom is 0.248 e. The molecule has 81 heavy (non-hydrogen) atoms. The van der Waals surface area contributed by atoms with Gasteiger partial charge in [0.15, 0.2) is 0 Å². The van der Waals surface area contributed by atoms with Crippen molar-refractivity contribution in [1.82, 2.24) is 0 Å². The molecule has 0 saturated heterocycles. The van der Waals surface area contributed by atoms with E-state index in [-0.39, 0.29) is 18.8 Å². The van der Waals surface area contributed by atoms with E-state index < -0.39 is 0 Å². The van der Waals surface area contributed by atoms with Gasteiger partial charge in [-0.1, -0.05) is 192 Å². The molecule has 2 aromatic heterocycles. The van der Waals surface area contributed by atoms with Crippen LogP contribution in [-0.2, 0) is 5.41 Å². The second-order valence-electron chi connectivity index (χ2n) is 25.3. The molecule has 4 nitrogen and oxygen atoms in total. The molecule has 0 spiro atoms. The van der Waals surface area contributed by atoms with Crippen molar-refractivity contribution < 1.29 is 8.83 Å². The third-order valence-electron chi connectivity index (χ3n) is 18.9. The van der Waals surface area contributed by atoms with Gasteiger partial charge < -0.3 is 18.6 Å². The Morgan fingerprint density at radius 1 is 0.321 bits per heavy atom. The first kappa shape index (κ1) is 46.9. The Morgan fingerprint density at radius 3 is 1.25 bits per heavy atom. The zero-order chi connectivity index (χ0) is 54.8. The van der Waals surface area contributed by atoms with Crippen molar-refractivity contribution in [2.75, 3.05) is 9.80 Å². The fraction of sp³-hybridized carbons (Fsp3) is 0.147. The summed E-state index contributed by atoms with van der Waals surface area (Å²) < 4.78 is 14.3. The van der Waals surface area contributed by atoms with Crippen molar-refractivity contribution in [2.24, 2.45) is 0 Å². The summed E-state index contributed by atoms with van der Waals surface area (Å²) in [6.45, 7) is 22.6. The lowest BCUT2D eigenvalue weighted by atomic mass is 9.32. The standard InChI is InChI=1S/C75H58B2N2O2/c1-39-19-20-46-29-55-57-35-59-61(37-67(57)81-66(55)34-50(46)27-39)78-63-31-49-16-12-14-18-54(49)72-74(63)79(64-32-48-15-11-13-17-53(48)71(73(64)78)76(59)69-42(4)23-40(2)24-43(69)5)62-38-68-58(36-60(62)77(72)70-44(6)25-41(3)26-45(70)7)56-30-51-28-52(75(8,9)10)22-21-47(51)33-65(56)80-68/h11-38H,1-10H3. The number of aryl methyl sites for hydroxylation is 7. The topological polar surface area (TPSA) is 32.8 Å². The zero-order valence-electron chi connectivity index (χ0n) is 47.5. The van der Waals surface area contributed by atoms with Gasteiger partial charge >= 0.3 is 0 Å².